The number of carbonyl (C=O) groups excluding carboxylic acids is 4. The van der Waals surface area contributed by atoms with E-state index in [1.807, 2.05) is 60.8 Å². The number of carbonyl (C=O) groups is 4. The van der Waals surface area contributed by atoms with Crippen LogP contribution in [0.5, 0.6) is 0 Å². The molecule has 2 aromatic carbocycles. The zero-order valence-corrected chi connectivity index (χ0v) is 26.8. The Labute approximate surface area is 263 Å². The molecule has 238 valence electrons. The van der Waals surface area contributed by atoms with Crippen LogP contribution in [0.25, 0.3) is 10.9 Å². The molecule has 0 unspecified atom stereocenters. The molecule has 11 nitrogen and oxygen atoms in total. The molecule has 0 radical (unpaired) electrons. The van der Waals surface area contributed by atoms with E-state index in [0.29, 0.717) is 19.4 Å². The van der Waals surface area contributed by atoms with Crippen molar-refractivity contribution in [2.24, 2.45) is 10.5 Å². The maximum atomic E-state index is 14.1. The van der Waals surface area contributed by atoms with Crippen molar-refractivity contribution in [2.75, 3.05) is 26.7 Å². The van der Waals surface area contributed by atoms with Gasteiger partial charge >= 0.3 is 6.09 Å². The molecular formula is C34H42N6O5. The minimum Gasteiger partial charge on any atom is -0.444 e. The van der Waals surface area contributed by atoms with Gasteiger partial charge in [0.15, 0.2) is 0 Å². The monoisotopic (exact) mass is 614 g/mol. The minimum atomic E-state index is -1.38. The number of alkyl carbamates (subject to hydrolysis) is 1. The highest BCUT2D eigenvalue weighted by Gasteiger charge is 2.53. The van der Waals surface area contributed by atoms with E-state index in [1.165, 1.54) is 9.91 Å². The maximum Gasteiger partial charge on any atom is 0.408 e. The number of ether oxygens (including phenoxy) is 1. The highest BCUT2D eigenvalue weighted by atomic mass is 16.6. The third-order valence-electron chi connectivity index (χ3n) is 8.30. The summed E-state index contributed by atoms with van der Waals surface area (Å²) in [5.41, 5.74) is 0.405. The number of nitrogens with zero attached hydrogens (tertiary/aromatic N) is 4. The second-order valence-corrected chi connectivity index (χ2v) is 13.5. The number of hydrazone groups is 1. The van der Waals surface area contributed by atoms with Crippen LogP contribution in [0, 0.1) is 5.41 Å². The van der Waals surface area contributed by atoms with Gasteiger partial charge in [-0.05, 0) is 58.2 Å². The van der Waals surface area contributed by atoms with Crippen molar-refractivity contribution in [1.82, 2.24) is 25.1 Å². The molecule has 1 atom stereocenters. The average molecular weight is 615 g/mol. The second kappa shape index (κ2) is 12.0. The summed E-state index contributed by atoms with van der Waals surface area (Å²) in [5, 5.41) is 9.55. The summed E-state index contributed by atoms with van der Waals surface area (Å²) in [4.78, 5) is 60.8. The fourth-order valence-corrected chi connectivity index (χ4v) is 6.18. The number of aromatic nitrogens is 1. The smallest absolute Gasteiger partial charge is 0.408 e. The van der Waals surface area contributed by atoms with Crippen molar-refractivity contribution >= 4 is 40.4 Å². The van der Waals surface area contributed by atoms with Gasteiger partial charge in [0.2, 0.25) is 11.8 Å². The quantitative estimate of drug-likeness (QED) is 0.395. The van der Waals surface area contributed by atoms with E-state index < -0.39 is 28.6 Å². The zero-order chi connectivity index (χ0) is 32.6. The number of hydrogen-bond donors (Lipinski definition) is 2. The van der Waals surface area contributed by atoms with E-state index in [0.717, 1.165) is 27.7 Å². The largest absolute Gasteiger partial charge is 0.444 e. The summed E-state index contributed by atoms with van der Waals surface area (Å²) in [6.45, 7) is 8.86. The van der Waals surface area contributed by atoms with Gasteiger partial charge in [0, 0.05) is 50.2 Å². The molecule has 0 saturated carbocycles. The lowest BCUT2D eigenvalue weighted by atomic mass is 9.73. The van der Waals surface area contributed by atoms with E-state index in [2.05, 4.69) is 15.4 Å². The molecule has 1 aromatic heterocycles. The molecule has 1 saturated heterocycles. The van der Waals surface area contributed by atoms with Gasteiger partial charge in [0.05, 0.1) is 5.71 Å². The standard InChI is InChI=1S/C34H42N6O5/c1-32(2,3)45-31(44)36-33(4,5)29(42)40(20-24-19-35-26-15-11-10-14-25(24)26)21-28(41)39-17-16-27-34(22-39,30(43)38(6)37-27)18-23-12-8-7-9-13-23/h7-15,19,35H,16-18,20-22H2,1-6H3,(H,36,44)/t34-/m1/s1. The lowest BCUT2D eigenvalue weighted by Crippen LogP contribution is -2.59. The fourth-order valence-electron chi connectivity index (χ4n) is 6.18. The number of benzene rings is 2. The highest BCUT2D eigenvalue weighted by molar-refractivity contribution is 6.13. The van der Waals surface area contributed by atoms with Gasteiger partial charge < -0.3 is 24.8 Å². The first-order valence-electron chi connectivity index (χ1n) is 15.2. The van der Waals surface area contributed by atoms with Crippen LogP contribution in [-0.2, 0) is 32.1 Å². The maximum absolute atomic E-state index is 14.1. The van der Waals surface area contributed by atoms with Crippen LogP contribution in [0.3, 0.4) is 0 Å². The number of amides is 4. The molecule has 5 rings (SSSR count). The third kappa shape index (κ3) is 6.72. The Morgan fingerprint density at radius 3 is 2.44 bits per heavy atom. The Bertz CT molecular complexity index is 1640. The summed E-state index contributed by atoms with van der Waals surface area (Å²) in [6.07, 6.45) is 1.98. The number of para-hydroxylation sites is 1. The Hall–Kier alpha value is -4.67. The van der Waals surface area contributed by atoms with Crippen LogP contribution in [0.15, 0.2) is 65.9 Å². The SMILES string of the molecule is CN1N=C2CCN(C(=O)CN(Cc3c[nH]c4ccccc34)C(=O)C(C)(C)NC(=O)OC(C)(C)C)C[C@@]2(Cc2ccccc2)C1=O. The first-order valence-corrected chi connectivity index (χ1v) is 15.2. The molecular weight excluding hydrogens is 572 g/mol. The van der Waals surface area contributed by atoms with Crippen LogP contribution in [0.4, 0.5) is 4.79 Å². The van der Waals surface area contributed by atoms with E-state index >= 15 is 0 Å². The van der Waals surface area contributed by atoms with Crippen molar-refractivity contribution < 1.29 is 23.9 Å². The van der Waals surface area contributed by atoms with Crippen LogP contribution in [0.1, 0.15) is 52.2 Å². The van der Waals surface area contributed by atoms with Crippen LogP contribution in [-0.4, -0.2) is 87.1 Å². The number of rotatable bonds is 8. The van der Waals surface area contributed by atoms with Gasteiger partial charge in [-0.2, -0.15) is 5.10 Å². The molecule has 4 amide bonds. The van der Waals surface area contributed by atoms with Crippen LogP contribution in [0.2, 0.25) is 0 Å². The fraction of sp³-hybridized carbons (Fsp3) is 0.441. The number of likely N-dealkylation sites (tertiary alicyclic amines) is 1. The van der Waals surface area contributed by atoms with Crippen LogP contribution >= 0.6 is 0 Å². The Balaban J connectivity index is 1.41. The summed E-state index contributed by atoms with van der Waals surface area (Å²) in [6, 6.07) is 17.5. The van der Waals surface area contributed by atoms with E-state index in [9.17, 15) is 19.2 Å². The zero-order valence-electron chi connectivity index (χ0n) is 26.8. The number of nitrogens with one attached hydrogen (secondary N) is 2. The molecule has 2 aliphatic heterocycles. The predicted molar refractivity (Wildman–Crippen MR) is 171 cm³/mol. The van der Waals surface area contributed by atoms with Gasteiger partial charge in [0.25, 0.3) is 5.91 Å². The molecule has 1 fully saturated rings. The van der Waals surface area contributed by atoms with Gasteiger partial charge in [-0.1, -0.05) is 48.5 Å². The van der Waals surface area contributed by atoms with E-state index in [-0.39, 0.29) is 31.4 Å². The lowest BCUT2D eigenvalue weighted by molar-refractivity contribution is -0.146. The summed E-state index contributed by atoms with van der Waals surface area (Å²) in [5.74, 6) is -0.875. The highest BCUT2D eigenvalue weighted by Crippen LogP contribution is 2.38. The third-order valence-corrected chi connectivity index (χ3v) is 8.30. The molecule has 3 heterocycles. The Morgan fingerprint density at radius 1 is 1.04 bits per heavy atom. The second-order valence-electron chi connectivity index (χ2n) is 13.5. The normalized spacial score (nSPS) is 18.4. The molecule has 2 aliphatic rings. The number of hydrogen-bond acceptors (Lipinski definition) is 6. The van der Waals surface area contributed by atoms with Gasteiger partial charge in [-0.25, -0.2) is 9.80 Å². The molecule has 3 aromatic rings. The number of fused-ring (bicyclic) bond motifs is 2. The van der Waals surface area contributed by atoms with Gasteiger partial charge in [0.1, 0.15) is 23.1 Å². The minimum absolute atomic E-state index is 0.130. The number of piperidine rings is 1. The molecule has 0 spiro atoms. The lowest BCUT2D eigenvalue weighted by Gasteiger charge is -2.40. The summed E-state index contributed by atoms with van der Waals surface area (Å²) >= 11 is 0. The molecule has 11 heteroatoms. The first-order chi connectivity index (χ1) is 21.2. The van der Waals surface area contributed by atoms with Gasteiger partial charge in [-0.15, -0.1) is 0 Å². The summed E-state index contributed by atoms with van der Waals surface area (Å²) < 4.78 is 5.41. The van der Waals surface area contributed by atoms with Crippen molar-refractivity contribution in [2.45, 2.75) is 65.1 Å². The number of H-pyrrole nitrogens is 1. The molecule has 2 N–H and O–H groups in total. The first kappa shape index (κ1) is 31.7. The molecule has 0 bridgehead atoms. The van der Waals surface area contributed by atoms with E-state index in [1.54, 1.807) is 46.6 Å². The van der Waals surface area contributed by atoms with Gasteiger partial charge in [-0.3, -0.25) is 14.4 Å². The predicted octanol–water partition coefficient (Wildman–Crippen LogP) is 4.09. The molecule has 45 heavy (non-hydrogen) atoms. The van der Waals surface area contributed by atoms with Crippen molar-refractivity contribution in [1.29, 1.82) is 0 Å². The Morgan fingerprint density at radius 2 is 1.73 bits per heavy atom. The van der Waals surface area contributed by atoms with Crippen molar-refractivity contribution in [3.05, 3.63) is 71.9 Å². The summed E-state index contributed by atoms with van der Waals surface area (Å²) in [7, 11) is 1.65. The molecule has 0 aliphatic carbocycles. The topological polar surface area (TPSA) is 127 Å². The average Bonchev–Trinajstić information content (AvgIpc) is 3.48. The Kier molecular flexibility index (Phi) is 8.48. The van der Waals surface area contributed by atoms with E-state index in [4.69, 9.17) is 4.74 Å². The van der Waals surface area contributed by atoms with Crippen molar-refractivity contribution in [3.8, 4) is 0 Å². The van der Waals surface area contributed by atoms with Crippen LogP contribution < -0.4 is 5.32 Å². The van der Waals surface area contributed by atoms with Crippen molar-refractivity contribution in [3.63, 3.8) is 0 Å². The number of aromatic amines is 1.